The first-order valence-electron chi connectivity index (χ1n) is 15.4. The average Bonchev–Trinajstić information content (AvgIpc) is 3.53. The molecule has 45 heavy (non-hydrogen) atoms. The fraction of sp³-hybridized carbons (Fsp3) is 0.469. The number of benzene rings is 1. The summed E-state index contributed by atoms with van der Waals surface area (Å²) in [6, 6.07) is 12.4. The second kappa shape index (κ2) is 14.1. The number of halogens is 1. The van der Waals surface area contributed by atoms with Gasteiger partial charge in [0.05, 0.1) is 22.2 Å². The lowest BCUT2D eigenvalue weighted by atomic mass is 9.82. The number of hydrogen-bond acceptors (Lipinski definition) is 11. The van der Waals surface area contributed by atoms with Gasteiger partial charge in [-0.3, -0.25) is 19.8 Å². The number of imide groups is 1. The van der Waals surface area contributed by atoms with Crippen molar-refractivity contribution < 1.29 is 14.3 Å². The maximum Gasteiger partial charge on any atom is 0.249 e. The molecule has 0 bridgehead atoms. The third-order valence-electron chi connectivity index (χ3n) is 8.82. The average molecular weight is 649 g/mol. The topological polar surface area (TPSA) is 144 Å². The summed E-state index contributed by atoms with van der Waals surface area (Å²) in [6.45, 7) is 4.37. The molecule has 0 aliphatic carbocycles. The molecule has 13 heteroatoms. The number of pyridine rings is 1. The maximum atomic E-state index is 12.3. The molecule has 1 aromatic carbocycles. The molecule has 1 unspecified atom stereocenters. The molecule has 5 heterocycles. The van der Waals surface area contributed by atoms with E-state index in [1.165, 1.54) is 11.3 Å². The maximum absolute atomic E-state index is 12.3. The van der Waals surface area contributed by atoms with Gasteiger partial charge in [0.15, 0.2) is 5.13 Å². The Morgan fingerprint density at radius 1 is 1.16 bits per heavy atom. The zero-order valence-electron chi connectivity index (χ0n) is 25.0. The molecule has 3 fully saturated rings. The first-order valence-corrected chi connectivity index (χ1v) is 16.7. The van der Waals surface area contributed by atoms with Gasteiger partial charge < -0.3 is 20.7 Å². The molecular formula is C32H37ClN8O3S. The van der Waals surface area contributed by atoms with E-state index in [1.54, 1.807) is 6.20 Å². The number of hydrogen-bond donors (Lipinski definition) is 4. The molecule has 11 nitrogen and oxygen atoms in total. The summed E-state index contributed by atoms with van der Waals surface area (Å²) >= 11 is 8.06. The molecule has 0 radical (unpaired) electrons. The molecule has 2 aromatic heterocycles. The summed E-state index contributed by atoms with van der Waals surface area (Å²) < 4.78 is 5.44. The van der Waals surface area contributed by atoms with Crippen LogP contribution in [0, 0.1) is 16.7 Å². The van der Waals surface area contributed by atoms with E-state index < -0.39 is 11.5 Å². The molecule has 3 aliphatic heterocycles. The monoisotopic (exact) mass is 648 g/mol. The molecule has 3 aliphatic rings. The van der Waals surface area contributed by atoms with Crippen LogP contribution in [-0.2, 0) is 20.9 Å². The van der Waals surface area contributed by atoms with Crippen molar-refractivity contribution in [2.45, 2.75) is 57.2 Å². The number of nitrogens with zero attached hydrogens (tertiary/aromatic N) is 4. The fourth-order valence-corrected chi connectivity index (χ4v) is 6.94. The van der Waals surface area contributed by atoms with Gasteiger partial charge in [0, 0.05) is 74.7 Å². The van der Waals surface area contributed by atoms with Crippen LogP contribution in [0.5, 0.6) is 0 Å². The molecule has 2 amide bonds. The van der Waals surface area contributed by atoms with E-state index in [0.717, 1.165) is 65.9 Å². The van der Waals surface area contributed by atoms with Gasteiger partial charge in [0.1, 0.15) is 11.9 Å². The summed E-state index contributed by atoms with van der Waals surface area (Å²) in [5.41, 5.74) is 3.22. The van der Waals surface area contributed by atoms with Crippen molar-refractivity contribution in [3.8, 4) is 17.3 Å². The lowest BCUT2D eigenvalue weighted by molar-refractivity contribution is -0.133. The van der Waals surface area contributed by atoms with Gasteiger partial charge >= 0.3 is 0 Å². The van der Waals surface area contributed by atoms with Crippen LogP contribution >= 0.6 is 22.9 Å². The molecule has 4 N–H and O–H groups in total. The highest BCUT2D eigenvalue weighted by Crippen LogP contribution is 2.34. The predicted molar refractivity (Wildman–Crippen MR) is 175 cm³/mol. The van der Waals surface area contributed by atoms with Crippen LogP contribution in [0.1, 0.15) is 44.1 Å². The number of amides is 2. The number of carbonyl (C=O) groups is 2. The third kappa shape index (κ3) is 7.73. The van der Waals surface area contributed by atoms with E-state index in [-0.39, 0.29) is 17.9 Å². The van der Waals surface area contributed by atoms with Crippen LogP contribution in [0.3, 0.4) is 0 Å². The Kier molecular flexibility index (Phi) is 9.80. The normalized spacial score (nSPS) is 20.7. The second-order valence-corrected chi connectivity index (χ2v) is 13.2. The number of thiazole rings is 1. The van der Waals surface area contributed by atoms with Crippen molar-refractivity contribution in [2.75, 3.05) is 48.8 Å². The number of nitriles is 1. The molecular weight excluding hydrogens is 612 g/mol. The third-order valence-corrected chi connectivity index (χ3v) is 9.92. The van der Waals surface area contributed by atoms with Crippen LogP contribution < -0.4 is 21.3 Å². The number of para-hydroxylation sites is 1. The van der Waals surface area contributed by atoms with Gasteiger partial charge in [-0.15, -0.1) is 11.3 Å². The molecule has 3 saturated heterocycles. The van der Waals surface area contributed by atoms with Crippen LogP contribution in [0.15, 0.2) is 41.9 Å². The number of piperidine rings is 2. The Hall–Kier alpha value is -3.76. The number of ether oxygens (including phenoxy) is 1. The van der Waals surface area contributed by atoms with Crippen LogP contribution in [0.4, 0.5) is 16.6 Å². The van der Waals surface area contributed by atoms with Gasteiger partial charge in [-0.1, -0.05) is 29.8 Å². The number of rotatable bonds is 10. The highest BCUT2D eigenvalue weighted by molar-refractivity contribution is 7.14. The Bertz CT molecular complexity index is 1560. The molecule has 0 saturated carbocycles. The Balaban J connectivity index is 1.02. The highest BCUT2D eigenvalue weighted by Gasteiger charge is 2.33. The van der Waals surface area contributed by atoms with E-state index in [0.29, 0.717) is 50.5 Å². The van der Waals surface area contributed by atoms with Gasteiger partial charge in [0.2, 0.25) is 11.8 Å². The highest BCUT2D eigenvalue weighted by atomic mass is 35.5. The zero-order valence-corrected chi connectivity index (χ0v) is 26.6. The van der Waals surface area contributed by atoms with Crippen LogP contribution in [0.25, 0.3) is 11.3 Å². The lowest BCUT2D eigenvalue weighted by Crippen LogP contribution is -2.47. The molecule has 3 aromatic rings. The standard InChI is InChI=1S/C32H37ClN8O3S/c33-24-16-35-28(15-23(24)27-18-45-31(39-27)36-20-32(19-34)9-13-44-14-10-32)37-22-7-11-41(12-8-22)17-21-3-1-2-4-25(21)38-26-5-6-29(42)40-30(26)43/h1-4,15-16,18,22,26,38H,5-14,17,20H2,(H,35,37)(H,36,39)(H,40,42,43). The van der Waals surface area contributed by atoms with Crippen molar-refractivity contribution >= 4 is 51.4 Å². The minimum absolute atomic E-state index is 0.214. The first-order chi connectivity index (χ1) is 21.9. The second-order valence-electron chi connectivity index (χ2n) is 11.9. The fourth-order valence-electron chi connectivity index (χ4n) is 6.03. The quantitative estimate of drug-likeness (QED) is 0.224. The summed E-state index contributed by atoms with van der Waals surface area (Å²) in [6.07, 6.45) is 5.86. The Morgan fingerprint density at radius 2 is 1.96 bits per heavy atom. The van der Waals surface area contributed by atoms with E-state index >= 15 is 0 Å². The smallest absolute Gasteiger partial charge is 0.249 e. The summed E-state index contributed by atoms with van der Waals surface area (Å²) in [4.78, 5) is 35.5. The van der Waals surface area contributed by atoms with Crippen molar-refractivity contribution in [1.29, 1.82) is 5.26 Å². The minimum Gasteiger partial charge on any atom is -0.381 e. The first kappa shape index (κ1) is 31.2. The van der Waals surface area contributed by atoms with Gasteiger partial charge in [-0.2, -0.15) is 5.26 Å². The van der Waals surface area contributed by atoms with Crippen molar-refractivity contribution in [1.82, 2.24) is 20.2 Å². The lowest BCUT2D eigenvalue weighted by Gasteiger charge is -2.33. The zero-order chi connectivity index (χ0) is 31.2. The number of aromatic nitrogens is 2. The number of nitrogens with one attached hydrogen (secondary N) is 4. The summed E-state index contributed by atoms with van der Waals surface area (Å²) in [5, 5.41) is 25.7. The molecule has 0 spiro atoms. The number of anilines is 3. The van der Waals surface area contributed by atoms with Crippen LogP contribution in [0.2, 0.25) is 5.02 Å². The Morgan fingerprint density at radius 3 is 2.73 bits per heavy atom. The van der Waals surface area contributed by atoms with Crippen molar-refractivity contribution in [3.63, 3.8) is 0 Å². The summed E-state index contributed by atoms with van der Waals surface area (Å²) in [5.74, 6) is 0.284. The largest absolute Gasteiger partial charge is 0.381 e. The van der Waals surface area contributed by atoms with E-state index in [2.05, 4.69) is 43.3 Å². The van der Waals surface area contributed by atoms with Crippen LogP contribution in [-0.4, -0.2) is 71.6 Å². The van der Waals surface area contributed by atoms with Gasteiger partial charge in [-0.05, 0) is 49.8 Å². The summed E-state index contributed by atoms with van der Waals surface area (Å²) in [7, 11) is 0. The number of likely N-dealkylation sites (tertiary alicyclic amines) is 1. The minimum atomic E-state index is -0.429. The molecule has 1 atom stereocenters. The SMILES string of the molecule is N#CC1(CNc2nc(-c3cc(NC4CCN(Cc5ccccc5NC5CCC(=O)NC5=O)CC4)ncc3Cl)cs2)CCOCC1. The predicted octanol–water partition coefficient (Wildman–Crippen LogP) is 4.88. The molecule has 6 rings (SSSR count). The Labute approximate surface area is 271 Å². The van der Waals surface area contributed by atoms with E-state index in [4.69, 9.17) is 21.3 Å². The van der Waals surface area contributed by atoms with E-state index in [1.807, 2.05) is 29.6 Å². The van der Waals surface area contributed by atoms with E-state index in [9.17, 15) is 14.9 Å². The van der Waals surface area contributed by atoms with Gasteiger partial charge in [-0.25, -0.2) is 9.97 Å². The molecule has 236 valence electrons. The number of carbonyl (C=O) groups excluding carboxylic acids is 2. The van der Waals surface area contributed by atoms with Crippen molar-refractivity contribution in [3.05, 3.63) is 52.5 Å². The van der Waals surface area contributed by atoms with Crippen molar-refractivity contribution in [2.24, 2.45) is 5.41 Å². The van der Waals surface area contributed by atoms with Gasteiger partial charge in [0.25, 0.3) is 0 Å².